The van der Waals surface area contributed by atoms with Crippen LogP contribution in [0.1, 0.15) is 24.0 Å². The molecule has 1 aliphatic heterocycles. The van der Waals surface area contributed by atoms with Crippen LogP contribution in [-0.2, 0) is 4.79 Å². The van der Waals surface area contributed by atoms with Gasteiger partial charge in [0.1, 0.15) is 0 Å². The lowest BCUT2D eigenvalue weighted by atomic mass is 9.97. The van der Waals surface area contributed by atoms with Gasteiger partial charge in [0.05, 0.1) is 11.6 Å². The molecule has 0 bridgehead atoms. The first-order valence-corrected chi connectivity index (χ1v) is 7.93. The van der Waals surface area contributed by atoms with Crippen molar-refractivity contribution < 1.29 is 9.90 Å². The number of aliphatic carboxylic acids is 1. The molecule has 23 heavy (non-hydrogen) atoms. The van der Waals surface area contributed by atoms with Gasteiger partial charge in [-0.25, -0.2) is 0 Å². The monoisotopic (exact) mass is 311 g/mol. The highest BCUT2D eigenvalue weighted by Gasteiger charge is 2.25. The average Bonchev–Trinajstić information content (AvgIpc) is 2.57. The van der Waals surface area contributed by atoms with Crippen LogP contribution in [0.25, 0.3) is 11.3 Å². The van der Waals surface area contributed by atoms with E-state index in [9.17, 15) is 4.79 Å². The number of carbonyl (C=O) groups is 1. The molecule has 1 N–H and O–H groups in total. The third-order valence-electron chi connectivity index (χ3n) is 4.62. The number of rotatable bonds is 3. The summed E-state index contributed by atoms with van der Waals surface area (Å²) in [6.07, 6.45) is 1.33. The Hall–Kier alpha value is -2.43. The summed E-state index contributed by atoms with van der Waals surface area (Å²) in [5, 5.41) is 17.7. The molecule has 5 nitrogen and oxygen atoms in total. The third kappa shape index (κ3) is 3.33. The Morgan fingerprint density at radius 2 is 1.83 bits per heavy atom. The first kappa shape index (κ1) is 15.5. The number of benzene rings is 1. The van der Waals surface area contributed by atoms with Gasteiger partial charge in [-0.1, -0.05) is 12.1 Å². The second-order valence-corrected chi connectivity index (χ2v) is 6.18. The average molecular weight is 311 g/mol. The normalized spacial score (nSPS) is 15.7. The fraction of sp³-hybridized carbons (Fsp3) is 0.389. The zero-order chi connectivity index (χ0) is 16.4. The van der Waals surface area contributed by atoms with Crippen molar-refractivity contribution >= 4 is 11.8 Å². The molecule has 1 aromatic carbocycles. The van der Waals surface area contributed by atoms with Crippen molar-refractivity contribution in [2.75, 3.05) is 18.0 Å². The minimum absolute atomic E-state index is 0.228. The molecule has 3 rings (SSSR count). The van der Waals surface area contributed by atoms with Crippen LogP contribution in [0.4, 0.5) is 5.82 Å². The first-order chi connectivity index (χ1) is 11.0. The summed E-state index contributed by atoms with van der Waals surface area (Å²) >= 11 is 0. The molecule has 0 unspecified atom stereocenters. The van der Waals surface area contributed by atoms with E-state index in [1.807, 2.05) is 12.1 Å². The zero-order valence-electron chi connectivity index (χ0n) is 13.5. The summed E-state index contributed by atoms with van der Waals surface area (Å²) in [4.78, 5) is 13.1. The van der Waals surface area contributed by atoms with Gasteiger partial charge in [-0.15, -0.1) is 10.2 Å². The Balaban J connectivity index is 1.72. The second-order valence-electron chi connectivity index (χ2n) is 6.18. The number of carboxylic acids is 1. The minimum Gasteiger partial charge on any atom is -0.481 e. The van der Waals surface area contributed by atoms with Gasteiger partial charge in [-0.05, 0) is 56.0 Å². The summed E-state index contributed by atoms with van der Waals surface area (Å²) in [5.41, 5.74) is 4.43. The molecule has 1 saturated heterocycles. The van der Waals surface area contributed by atoms with E-state index >= 15 is 0 Å². The van der Waals surface area contributed by atoms with Gasteiger partial charge in [0.2, 0.25) is 0 Å². The maximum Gasteiger partial charge on any atom is 0.306 e. The van der Waals surface area contributed by atoms with Crippen LogP contribution in [0.2, 0.25) is 0 Å². The summed E-state index contributed by atoms with van der Waals surface area (Å²) in [6.45, 7) is 5.62. The number of nitrogens with zero attached hydrogens (tertiary/aromatic N) is 3. The fourth-order valence-electron chi connectivity index (χ4n) is 2.90. The van der Waals surface area contributed by atoms with Crippen molar-refractivity contribution in [3.8, 4) is 11.3 Å². The maximum absolute atomic E-state index is 11.0. The molecular weight excluding hydrogens is 290 g/mol. The quantitative estimate of drug-likeness (QED) is 0.943. The van der Waals surface area contributed by atoms with Crippen molar-refractivity contribution in [3.63, 3.8) is 0 Å². The zero-order valence-corrected chi connectivity index (χ0v) is 13.5. The van der Waals surface area contributed by atoms with E-state index < -0.39 is 5.97 Å². The molecule has 0 aliphatic carbocycles. The van der Waals surface area contributed by atoms with Crippen molar-refractivity contribution in [1.82, 2.24) is 10.2 Å². The highest BCUT2D eigenvalue weighted by Crippen LogP contribution is 2.24. The van der Waals surface area contributed by atoms with Gasteiger partial charge in [-0.2, -0.15) is 0 Å². The van der Waals surface area contributed by atoms with Gasteiger partial charge >= 0.3 is 5.97 Å². The topological polar surface area (TPSA) is 66.3 Å². The number of piperidine rings is 1. The molecule has 1 fully saturated rings. The summed E-state index contributed by atoms with van der Waals surface area (Å²) in [7, 11) is 0. The number of carboxylic acid groups (broad SMARTS) is 1. The Labute approximate surface area is 136 Å². The first-order valence-electron chi connectivity index (χ1n) is 7.93. The molecular formula is C18H21N3O2. The smallest absolute Gasteiger partial charge is 0.306 e. The van der Waals surface area contributed by atoms with Crippen LogP contribution < -0.4 is 4.90 Å². The molecule has 0 spiro atoms. The second kappa shape index (κ2) is 6.36. The lowest BCUT2D eigenvalue weighted by Gasteiger charge is -2.30. The molecule has 0 amide bonds. The van der Waals surface area contributed by atoms with E-state index in [0.29, 0.717) is 25.9 Å². The number of aromatic nitrogens is 2. The van der Waals surface area contributed by atoms with E-state index in [2.05, 4.69) is 47.1 Å². The van der Waals surface area contributed by atoms with E-state index in [4.69, 9.17) is 5.11 Å². The van der Waals surface area contributed by atoms with Gasteiger partial charge in [-0.3, -0.25) is 4.79 Å². The molecule has 0 radical (unpaired) electrons. The van der Waals surface area contributed by atoms with Crippen molar-refractivity contribution in [1.29, 1.82) is 0 Å². The van der Waals surface area contributed by atoms with Crippen LogP contribution in [0.15, 0.2) is 30.3 Å². The molecule has 0 atom stereocenters. The summed E-state index contributed by atoms with van der Waals surface area (Å²) in [6, 6.07) is 10.2. The Bertz CT molecular complexity index is 705. The summed E-state index contributed by atoms with van der Waals surface area (Å²) in [5.74, 6) is -0.101. The van der Waals surface area contributed by atoms with E-state index in [0.717, 1.165) is 17.1 Å². The predicted octanol–water partition coefficient (Wildman–Crippen LogP) is 3.06. The van der Waals surface area contributed by atoms with Crippen molar-refractivity contribution in [3.05, 3.63) is 41.5 Å². The van der Waals surface area contributed by atoms with Crippen LogP contribution in [0.3, 0.4) is 0 Å². The van der Waals surface area contributed by atoms with Crippen LogP contribution in [0, 0.1) is 19.8 Å². The van der Waals surface area contributed by atoms with Crippen LogP contribution in [0.5, 0.6) is 0 Å². The van der Waals surface area contributed by atoms with Gasteiger partial charge in [0.25, 0.3) is 0 Å². The van der Waals surface area contributed by atoms with Crippen molar-refractivity contribution in [2.24, 2.45) is 5.92 Å². The van der Waals surface area contributed by atoms with Crippen molar-refractivity contribution in [2.45, 2.75) is 26.7 Å². The molecule has 1 aliphatic rings. The molecule has 0 saturated carbocycles. The Morgan fingerprint density at radius 3 is 2.39 bits per heavy atom. The van der Waals surface area contributed by atoms with Gasteiger partial charge in [0, 0.05) is 18.7 Å². The third-order valence-corrected chi connectivity index (χ3v) is 4.62. The van der Waals surface area contributed by atoms with E-state index in [-0.39, 0.29) is 5.92 Å². The van der Waals surface area contributed by atoms with Gasteiger partial charge in [0.15, 0.2) is 5.82 Å². The van der Waals surface area contributed by atoms with E-state index in [1.54, 1.807) is 0 Å². The highest BCUT2D eigenvalue weighted by atomic mass is 16.4. The van der Waals surface area contributed by atoms with E-state index in [1.165, 1.54) is 11.1 Å². The number of hydrogen-bond donors (Lipinski definition) is 1. The minimum atomic E-state index is -0.694. The highest BCUT2D eigenvalue weighted by molar-refractivity contribution is 5.70. The summed E-state index contributed by atoms with van der Waals surface area (Å²) < 4.78 is 0. The maximum atomic E-state index is 11.0. The van der Waals surface area contributed by atoms with Crippen LogP contribution >= 0.6 is 0 Å². The predicted molar refractivity (Wildman–Crippen MR) is 89.5 cm³/mol. The lowest BCUT2D eigenvalue weighted by Crippen LogP contribution is -2.36. The molecule has 1 aromatic heterocycles. The van der Waals surface area contributed by atoms with Crippen LogP contribution in [-0.4, -0.2) is 34.4 Å². The number of anilines is 1. The lowest BCUT2D eigenvalue weighted by molar-refractivity contribution is -0.142. The van der Waals surface area contributed by atoms with Gasteiger partial charge < -0.3 is 10.0 Å². The fourth-order valence-corrected chi connectivity index (χ4v) is 2.90. The SMILES string of the molecule is Cc1ccc(-c2ccc(N3CCC(C(=O)O)CC3)nn2)cc1C. The molecule has 2 aromatic rings. The molecule has 5 heteroatoms. The Kier molecular flexibility index (Phi) is 4.28. The Morgan fingerprint density at radius 1 is 1.09 bits per heavy atom. The number of hydrogen-bond acceptors (Lipinski definition) is 4. The molecule has 2 heterocycles. The number of aryl methyl sites for hydroxylation is 2. The largest absolute Gasteiger partial charge is 0.481 e. The standard InChI is InChI=1S/C18H21N3O2/c1-12-3-4-15(11-13(12)2)16-5-6-17(20-19-16)21-9-7-14(8-10-21)18(22)23/h3-6,11,14H,7-10H2,1-2H3,(H,22,23). The molecule has 120 valence electrons.